The monoisotopic (exact) mass is 399 g/mol. The Morgan fingerprint density at radius 2 is 1.36 bits per heavy atom. The van der Waals surface area contributed by atoms with E-state index >= 15 is 0 Å². The Morgan fingerprint density at radius 3 is 1.77 bits per heavy atom. The molecule has 1 aliphatic rings. The zero-order valence-electron chi connectivity index (χ0n) is 10.9. The Morgan fingerprint density at radius 1 is 0.955 bits per heavy atom. The average molecular weight is 400 g/mol. The summed E-state index contributed by atoms with van der Waals surface area (Å²) in [6.07, 6.45) is 0. The van der Waals surface area contributed by atoms with Gasteiger partial charge >= 0.3 is 103 Å². The zero-order chi connectivity index (χ0) is 15.5. The summed E-state index contributed by atoms with van der Waals surface area (Å²) in [6.45, 7) is 4.92. The van der Waals surface area contributed by atoms with Gasteiger partial charge in [0.25, 0.3) is 20.2 Å². The van der Waals surface area contributed by atoms with Gasteiger partial charge in [0.05, 0.1) is 5.69 Å². The Labute approximate surface area is 214 Å². The molecular formula is C11H15K2NO6S2. The summed E-state index contributed by atoms with van der Waals surface area (Å²) in [5.41, 5.74) is -0.479. The number of aliphatic imine (C=N–C) groups is 1. The van der Waals surface area contributed by atoms with Crippen molar-refractivity contribution in [2.24, 2.45) is 4.99 Å². The molecule has 2 rings (SSSR count). The van der Waals surface area contributed by atoms with E-state index in [1.165, 1.54) is 0 Å². The summed E-state index contributed by atoms with van der Waals surface area (Å²) >= 11 is 0. The number of hydrogen-bond donors (Lipinski definition) is 2. The molecule has 0 amide bonds. The first-order valence-corrected chi connectivity index (χ1v) is 8.43. The number of fused-ring (bicyclic) bond motifs is 1. The van der Waals surface area contributed by atoms with E-state index in [2.05, 4.69) is 4.99 Å². The molecule has 0 unspecified atom stereocenters. The standard InChI is InChI=1S/C11H13NO6S2.2K.2H/c1-6-11(2,3)9-7(19(13,14)15)4-5-8(10(9)12-6)20(16,17)18;;;;/h4-5H,1-3H3,(H,13,14,15)(H,16,17,18);;;;. The van der Waals surface area contributed by atoms with Gasteiger partial charge in [0, 0.05) is 16.7 Å². The quantitative estimate of drug-likeness (QED) is 0.544. The van der Waals surface area contributed by atoms with Crippen molar-refractivity contribution in [3.8, 4) is 0 Å². The molecule has 0 bridgehead atoms. The minimum atomic E-state index is -4.55. The number of nitrogens with zero attached hydrogens (tertiary/aromatic N) is 1. The van der Waals surface area contributed by atoms with E-state index in [1.807, 2.05) is 0 Å². The average Bonchev–Trinajstić information content (AvgIpc) is 2.46. The third kappa shape index (κ3) is 4.38. The molecule has 0 radical (unpaired) electrons. The van der Waals surface area contributed by atoms with Crippen LogP contribution in [-0.4, -0.2) is 134 Å². The number of hydrogen-bond acceptors (Lipinski definition) is 5. The third-order valence-corrected chi connectivity index (χ3v) is 5.25. The second-order valence-electron chi connectivity index (χ2n) is 5.06. The zero-order valence-corrected chi connectivity index (χ0v) is 12.6. The molecule has 0 saturated heterocycles. The summed E-state index contributed by atoms with van der Waals surface area (Å²) < 4.78 is 64.0. The van der Waals surface area contributed by atoms with Crippen molar-refractivity contribution < 1.29 is 25.9 Å². The predicted molar refractivity (Wildman–Crippen MR) is 86.2 cm³/mol. The molecule has 114 valence electrons. The van der Waals surface area contributed by atoms with Crippen molar-refractivity contribution in [3.05, 3.63) is 17.7 Å². The van der Waals surface area contributed by atoms with E-state index in [0.717, 1.165) is 12.1 Å². The van der Waals surface area contributed by atoms with Crippen molar-refractivity contribution in [1.82, 2.24) is 0 Å². The summed E-state index contributed by atoms with van der Waals surface area (Å²) in [5.74, 6) is 0. The molecule has 11 heteroatoms. The van der Waals surface area contributed by atoms with Crippen LogP contribution in [0.3, 0.4) is 0 Å². The van der Waals surface area contributed by atoms with Crippen molar-refractivity contribution in [2.75, 3.05) is 0 Å². The van der Waals surface area contributed by atoms with Crippen LogP contribution in [0.4, 0.5) is 5.69 Å². The normalized spacial score (nSPS) is 16.1. The van der Waals surface area contributed by atoms with Crippen molar-refractivity contribution in [2.45, 2.75) is 36.0 Å². The fourth-order valence-electron chi connectivity index (χ4n) is 2.18. The molecular weight excluding hydrogens is 384 g/mol. The molecule has 0 aliphatic carbocycles. The van der Waals surface area contributed by atoms with Gasteiger partial charge in [0.1, 0.15) is 9.79 Å². The molecule has 1 aromatic carbocycles. The fraction of sp³-hybridized carbons (Fsp3) is 0.364. The fourth-order valence-corrected chi connectivity index (χ4v) is 3.66. The summed E-state index contributed by atoms with van der Waals surface area (Å²) in [7, 11) is -9.08. The van der Waals surface area contributed by atoms with Crippen LogP contribution in [0.1, 0.15) is 26.3 Å². The first-order valence-electron chi connectivity index (χ1n) is 5.55. The number of rotatable bonds is 2. The van der Waals surface area contributed by atoms with Crippen molar-refractivity contribution in [3.63, 3.8) is 0 Å². The second-order valence-corrected chi connectivity index (χ2v) is 7.84. The van der Waals surface area contributed by atoms with E-state index in [1.54, 1.807) is 20.8 Å². The van der Waals surface area contributed by atoms with Crippen molar-refractivity contribution >= 4 is 134 Å². The Bertz CT molecular complexity index is 844. The molecule has 1 aromatic rings. The van der Waals surface area contributed by atoms with Gasteiger partial charge in [-0.15, -0.1) is 0 Å². The summed E-state index contributed by atoms with van der Waals surface area (Å²) in [6, 6.07) is 1.86. The van der Waals surface area contributed by atoms with Gasteiger partial charge in [-0.25, -0.2) is 0 Å². The summed E-state index contributed by atoms with van der Waals surface area (Å²) in [4.78, 5) is 3.15. The van der Waals surface area contributed by atoms with Crippen LogP contribution in [0.2, 0.25) is 0 Å². The van der Waals surface area contributed by atoms with E-state index in [4.69, 9.17) is 0 Å². The van der Waals surface area contributed by atoms with E-state index in [9.17, 15) is 25.9 Å². The minimum absolute atomic E-state index is 0. The van der Waals surface area contributed by atoms with E-state index in [-0.39, 0.29) is 114 Å². The molecule has 0 saturated carbocycles. The molecule has 1 aliphatic heterocycles. The molecule has 0 atom stereocenters. The Kier molecular flexibility index (Phi) is 8.39. The maximum absolute atomic E-state index is 11.4. The first-order chi connectivity index (χ1) is 8.87. The van der Waals surface area contributed by atoms with Gasteiger partial charge in [-0.1, -0.05) is 13.8 Å². The van der Waals surface area contributed by atoms with Gasteiger partial charge < -0.3 is 0 Å². The second kappa shape index (κ2) is 7.70. The molecule has 22 heavy (non-hydrogen) atoms. The van der Waals surface area contributed by atoms with Crippen LogP contribution in [0, 0.1) is 0 Å². The van der Waals surface area contributed by atoms with Gasteiger partial charge in [0.15, 0.2) is 0 Å². The molecule has 2 N–H and O–H groups in total. The Hall–Kier alpha value is 1.98. The van der Waals surface area contributed by atoms with Crippen LogP contribution in [0.5, 0.6) is 0 Å². The van der Waals surface area contributed by atoms with Gasteiger partial charge in [-0.3, -0.25) is 14.1 Å². The van der Waals surface area contributed by atoms with Crippen LogP contribution in [-0.2, 0) is 25.7 Å². The van der Waals surface area contributed by atoms with Gasteiger partial charge in [0.2, 0.25) is 0 Å². The van der Waals surface area contributed by atoms with E-state index < -0.39 is 35.4 Å². The van der Waals surface area contributed by atoms with Crippen LogP contribution >= 0.6 is 0 Å². The Balaban J connectivity index is 0.00000220. The molecule has 0 fully saturated rings. The van der Waals surface area contributed by atoms with Crippen LogP contribution < -0.4 is 0 Å². The van der Waals surface area contributed by atoms with E-state index in [0.29, 0.717) is 5.71 Å². The van der Waals surface area contributed by atoms with Crippen LogP contribution in [0.25, 0.3) is 0 Å². The number of benzene rings is 1. The topological polar surface area (TPSA) is 121 Å². The molecule has 0 aromatic heterocycles. The van der Waals surface area contributed by atoms with Crippen molar-refractivity contribution in [1.29, 1.82) is 0 Å². The van der Waals surface area contributed by atoms with Crippen LogP contribution in [0.15, 0.2) is 26.9 Å². The molecule has 7 nitrogen and oxygen atoms in total. The predicted octanol–water partition coefficient (Wildman–Crippen LogP) is 0.267. The molecule has 1 heterocycles. The van der Waals surface area contributed by atoms with Gasteiger partial charge in [-0.2, -0.15) is 16.8 Å². The SMILES string of the molecule is CC1=Nc2c(S(=O)(=O)O)ccc(S(=O)(=O)O)c2C1(C)C.[KH].[KH]. The maximum atomic E-state index is 11.4. The molecule has 0 spiro atoms. The summed E-state index contributed by atoms with van der Waals surface area (Å²) in [5, 5.41) is 0. The third-order valence-electron chi connectivity index (χ3n) is 3.47. The first kappa shape index (κ1) is 24.0. The van der Waals surface area contributed by atoms with Gasteiger partial charge in [-0.05, 0) is 19.1 Å².